The molecule has 1 aromatic heterocycles. The van der Waals surface area contributed by atoms with Gasteiger partial charge in [-0.1, -0.05) is 26.8 Å². The van der Waals surface area contributed by atoms with Gasteiger partial charge >= 0.3 is 0 Å². The molecular weight excluding hydrogens is 266 g/mol. The van der Waals surface area contributed by atoms with E-state index in [0.29, 0.717) is 0 Å². The molecule has 0 atom stereocenters. The van der Waals surface area contributed by atoms with Crippen molar-refractivity contribution in [2.45, 2.75) is 32.7 Å². The van der Waals surface area contributed by atoms with E-state index in [9.17, 15) is 0 Å². The maximum absolute atomic E-state index is 4.83. The van der Waals surface area contributed by atoms with Gasteiger partial charge in [-0.3, -0.25) is 4.90 Å². The van der Waals surface area contributed by atoms with Crippen molar-refractivity contribution in [2.75, 3.05) is 26.2 Å². The average Bonchev–Trinajstić information content (AvgIpc) is 2.83. The van der Waals surface area contributed by atoms with Crippen LogP contribution >= 0.6 is 11.3 Å². The maximum Gasteiger partial charge on any atom is 0.0992 e. The van der Waals surface area contributed by atoms with Crippen LogP contribution in [0.25, 0.3) is 10.2 Å². The summed E-state index contributed by atoms with van der Waals surface area (Å²) < 4.78 is 1.30. The Kier molecular flexibility index (Phi) is 3.80. The minimum Gasteiger partial charge on any atom is -0.314 e. The van der Waals surface area contributed by atoms with E-state index in [1.54, 1.807) is 0 Å². The number of hydrogen-bond acceptors (Lipinski definition) is 4. The van der Waals surface area contributed by atoms with Crippen molar-refractivity contribution in [1.82, 2.24) is 15.2 Å². The molecule has 1 fully saturated rings. The number of thiazole rings is 1. The fraction of sp³-hybridized carbons (Fsp3) is 0.562. The number of benzene rings is 1. The van der Waals surface area contributed by atoms with Crippen molar-refractivity contribution in [3.8, 4) is 0 Å². The molecule has 0 radical (unpaired) electrons. The number of fused-ring (bicyclic) bond motifs is 1. The Morgan fingerprint density at radius 1 is 1.25 bits per heavy atom. The summed E-state index contributed by atoms with van der Waals surface area (Å²) in [4.78, 5) is 7.33. The van der Waals surface area contributed by atoms with Crippen molar-refractivity contribution in [1.29, 1.82) is 0 Å². The Morgan fingerprint density at radius 2 is 2.00 bits per heavy atom. The first-order valence-electron chi connectivity index (χ1n) is 7.35. The highest BCUT2D eigenvalue weighted by atomic mass is 32.1. The lowest BCUT2D eigenvalue weighted by atomic mass is 9.98. The third-order valence-electron chi connectivity index (χ3n) is 3.71. The first kappa shape index (κ1) is 14.0. The highest BCUT2D eigenvalue weighted by Gasteiger charge is 2.19. The molecule has 1 N–H and O–H groups in total. The monoisotopic (exact) mass is 289 g/mol. The molecule has 4 heteroatoms. The second kappa shape index (κ2) is 5.43. The molecule has 0 bridgehead atoms. The van der Waals surface area contributed by atoms with E-state index in [2.05, 4.69) is 49.2 Å². The minimum absolute atomic E-state index is 0.141. The highest BCUT2D eigenvalue weighted by molar-refractivity contribution is 7.18. The third kappa shape index (κ3) is 3.03. The first-order valence-corrected chi connectivity index (χ1v) is 8.17. The molecular formula is C16H23N3S. The summed E-state index contributed by atoms with van der Waals surface area (Å²) in [6, 6.07) is 6.76. The molecule has 20 heavy (non-hydrogen) atoms. The Hall–Kier alpha value is -0.970. The van der Waals surface area contributed by atoms with Gasteiger partial charge in [-0.05, 0) is 17.7 Å². The van der Waals surface area contributed by atoms with Gasteiger partial charge in [-0.2, -0.15) is 0 Å². The summed E-state index contributed by atoms with van der Waals surface area (Å²) >= 11 is 1.82. The van der Waals surface area contributed by atoms with Gasteiger partial charge in [-0.15, -0.1) is 11.3 Å². The Morgan fingerprint density at radius 3 is 2.70 bits per heavy atom. The summed E-state index contributed by atoms with van der Waals surface area (Å²) in [5.41, 5.74) is 2.68. The zero-order chi connectivity index (χ0) is 14.2. The fourth-order valence-electron chi connectivity index (χ4n) is 2.52. The molecule has 108 valence electrons. The molecule has 1 aromatic carbocycles. The van der Waals surface area contributed by atoms with Crippen LogP contribution in [-0.4, -0.2) is 36.1 Å². The standard InChI is InChI=1S/C16H23N3S/c1-16(2,3)15-18-13-10-12(4-5-14(13)20-15)11-19-8-6-17-7-9-19/h4-5,10,17H,6-9,11H2,1-3H3. The predicted molar refractivity (Wildman–Crippen MR) is 86.5 cm³/mol. The van der Waals surface area contributed by atoms with Gasteiger partial charge in [-0.25, -0.2) is 4.98 Å². The van der Waals surface area contributed by atoms with Gasteiger partial charge in [0.25, 0.3) is 0 Å². The van der Waals surface area contributed by atoms with E-state index in [1.165, 1.54) is 15.3 Å². The quantitative estimate of drug-likeness (QED) is 0.921. The van der Waals surface area contributed by atoms with E-state index in [-0.39, 0.29) is 5.41 Å². The fourth-order valence-corrected chi connectivity index (χ4v) is 3.52. The van der Waals surface area contributed by atoms with Gasteiger partial charge in [0, 0.05) is 38.1 Å². The Bertz CT molecular complexity index is 591. The number of hydrogen-bond donors (Lipinski definition) is 1. The normalized spacial score (nSPS) is 17.8. The van der Waals surface area contributed by atoms with E-state index >= 15 is 0 Å². The van der Waals surface area contributed by atoms with E-state index in [1.807, 2.05) is 11.3 Å². The van der Waals surface area contributed by atoms with Crippen LogP contribution in [0.2, 0.25) is 0 Å². The number of piperazine rings is 1. The third-order valence-corrected chi connectivity index (χ3v) is 5.17. The lowest BCUT2D eigenvalue weighted by Gasteiger charge is -2.27. The minimum atomic E-state index is 0.141. The molecule has 3 rings (SSSR count). The second-order valence-electron chi connectivity index (χ2n) is 6.60. The van der Waals surface area contributed by atoms with Gasteiger partial charge in [0.15, 0.2) is 0 Å². The van der Waals surface area contributed by atoms with Crippen LogP contribution in [0.3, 0.4) is 0 Å². The maximum atomic E-state index is 4.83. The Balaban J connectivity index is 1.82. The molecule has 1 aliphatic rings. The summed E-state index contributed by atoms with van der Waals surface area (Å²) in [5, 5.41) is 4.63. The molecule has 1 aliphatic heterocycles. The number of nitrogens with zero attached hydrogens (tertiary/aromatic N) is 2. The van der Waals surface area contributed by atoms with Crippen LogP contribution in [0.1, 0.15) is 31.3 Å². The molecule has 0 aliphatic carbocycles. The van der Waals surface area contributed by atoms with Gasteiger partial charge in [0.05, 0.1) is 15.2 Å². The number of nitrogens with one attached hydrogen (secondary N) is 1. The lowest BCUT2D eigenvalue weighted by molar-refractivity contribution is 0.233. The molecule has 3 nitrogen and oxygen atoms in total. The topological polar surface area (TPSA) is 28.2 Å². The smallest absolute Gasteiger partial charge is 0.0992 e. The first-order chi connectivity index (χ1) is 9.52. The van der Waals surface area contributed by atoms with Crippen molar-refractivity contribution in [3.05, 3.63) is 28.8 Å². The summed E-state index contributed by atoms with van der Waals surface area (Å²) in [6.07, 6.45) is 0. The van der Waals surface area contributed by atoms with Gasteiger partial charge in [0.2, 0.25) is 0 Å². The molecule has 0 spiro atoms. The van der Waals surface area contributed by atoms with E-state index in [4.69, 9.17) is 4.98 Å². The second-order valence-corrected chi connectivity index (χ2v) is 7.63. The molecule has 1 saturated heterocycles. The van der Waals surface area contributed by atoms with Gasteiger partial charge in [0.1, 0.15) is 0 Å². The van der Waals surface area contributed by atoms with Crippen molar-refractivity contribution in [2.24, 2.45) is 0 Å². The van der Waals surface area contributed by atoms with E-state index in [0.717, 1.165) is 38.2 Å². The summed E-state index contributed by atoms with van der Waals surface area (Å²) in [6.45, 7) is 12.2. The zero-order valence-electron chi connectivity index (χ0n) is 12.6. The van der Waals surface area contributed by atoms with Crippen molar-refractivity contribution in [3.63, 3.8) is 0 Å². The molecule has 0 saturated carbocycles. The van der Waals surface area contributed by atoms with Crippen LogP contribution in [0.4, 0.5) is 0 Å². The number of aromatic nitrogens is 1. The summed E-state index contributed by atoms with van der Waals surface area (Å²) in [7, 11) is 0. The van der Waals surface area contributed by atoms with Crippen LogP contribution in [0, 0.1) is 0 Å². The highest BCUT2D eigenvalue weighted by Crippen LogP contribution is 2.31. The van der Waals surface area contributed by atoms with Crippen molar-refractivity contribution < 1.29 is 0 Å². The predicted octanol–water partition coefficient (Wildman–Crippen LogP) is 3.00. The SMILES string of the molecule is CC(C)(C)c1nc2cc(CN3CCNCC3)ccc2s1. The van der Waals surface area contributed by atoms with Crippen LogP contribution in [0.5, 0.6) is 0 Å². The summed E-state index contributed by atoms with van der Waals surface area (Å²) in [5.74, 6) is 0. The average molecular weight is 289 g/mol. The van der Waals surface area contributed by atoms with Crippen LogP contribution < -0.4 is 5.32 Å². The molecule has 2 aromatic rings. The molecule has 2 heterocycles. The lowest BCUT2D eigenvalue weighted by Crippen LogP contribution is -2.42. The molecule has 0 amide bonds. The van der Waals surface area contributed by atoms with Crippen molar-refractivity contribution >= 4 is 21.6 Å². The Labute approximate surface area is 125 Å². The zero-order valence-corrected chi connectivity index (χ0v) is 13.4. The van der Waals surface area contributed by atoms with E-state index < -0.39 is 0 Å². The van der Waals surface area contributed by atoms with Crippen LogP contribution in [0.15, 0.2) is 18.2 Å². The van der Waals surface area contributed by atoms with Gasteiger partial charge < -0.3 is 5.32 Å². The number of rotatable bonds is 2. The molecule has 0 unspecified atom stereocenters. The largest absolute Gasteiger partial charge is 0.314 e. The van der Waals surface area contributed by atoms with Crippen LogP contribution in [-0.2, 0) is 12.0 Å².